The molecule has 0 radical (unpaired) electrons. The van der Waals surface area contributed by atoms with Gasteiger partial charge in [0.05, 0.1) is 11.9 Å². The highest BCUT2D eigenvalue weighted by Gasteiger charge is 2.00. The van der Waals surface area contributed by atoms with E-state index in [-0.39, 0.29) is 0 Å². The maximum absolute atomic E-state index is 5.67. The number of oxime groups is 1. The Balaban J connectivity index is 3.00. The molecular weight excluding hydrogens is 222 g/mol. The maximum Gasteiger partial charge on any atom is 0.129 e. The van der Waals surface area contributed by atoms with Crippen LogP contribution in [0.25, 0.3) is 0 Å². The Morgan fingerprint density at radius 3 is 3.17 bits per heavy atom. The van der Waals surface area contributed by atoms with Gasteiger partial charge in [0, 0.05) is 11.8 Å². The Bertz CT molecular complexity index is 301. The second-order valence-corrected chi connectivity index (χ2v) is 2.77. The van der Waals surface area contributed by atoms with Gasteiger partial charge in [-0.25, -0.2) is 4.98 Å². The van der Waals surface area contributed by atoms with Gasteiger partial charge in [0.25, 0.3) is 0 Å². The highest BCUT2D eigenvalue weighted by atomic mass is 79.9. The van der Waals surface area contributed by atoms with Gasteiger partial charge in [-0.1, -0.05) is 5.16 Å². The lowest BCUT2D eigenvalue weighted by Gasteiger charge is -1.99. The third-order valence-corrected chi connectivity index (χ3v) is 1.90. The van der Waals surface area contributed by atoms with Crippen molar-refractivity contribution in [2.24, 2.45) is 5.16 Å². The number of hydrogen-bond donors (Lipinski definition) is 1. The summed E-state index contributed by atoms with van der Waals surface area (Å²) in [5.74, 6) is 0. The Morgan fingerprint density at radius 2 is 2.50 bits per heavy atom. The van der Waals surface area contributed by atoms with E-state index in [0.29, 0.717) is 10.3 Å². The van der Waals surface area contributed by atoms with E-state index in [1.807, 2.05) is 0 Å². The highest BCUT2D eigenvalue weighted by molar-refractivity contribution is 9.10. The number of nitrogens with two attached hydrogens (primary N) is 1. The molecular formula is C7H8BrN3O. The molecule has 0 saturated heterocycles. The lowest BCUT2D eigenvalue weighted by atomic mass is 10.2. The monoisotopic (exact) mass is 229 g/mol. The molecule has 1 heterocycles. The first-order valence-electron chi connectivity index (χ1n) is 3.22. The summed E-state index contributed by atoms with van der Waals surface area (Å²) in [6.45, 7) is 0. The molecule has 5 heteroatoms. The van der Waals surface area contributed by atoms with Crippen LogP contribution in [0.1, 0.15) is 5.56 Å². The molecule has 0 unspecified atom stereocenters. The number of nitrogen functional groups attached to an aromatic ring is 1. The predicted molar refractivity (Wildman–Crippen MR) is 51.0 cm³/mol. The Hall–Kier alpha value is -1.10. The van der Waals surface area contributed by atoms with Crippen molar-refractivity contribution in [1.82, 2.24) is 4.98 Å². The van der Waals surface area contributed by atoms with Gasteiger partial charge in [-0.15, -0.1) is 0 Å². The lowest BCUT2D eigenvalue weighted by molar-refractivity contribution is 0.215. The summed E-state index contributed by atoms with van der Waals surface area (Å²) in [6, 6.07) is 1.75. The Morgan fingerprint density at radius 1 is 1.75 bits per heavy atom. The first-order valence-corrected chi connectivity index (χ1v) is 4.01. The Labute approximate surface area is 78.6 Å². The van der Waals surface area contributed by atoms with Crippen LogP contribution in [0.3, 0.4) is 0 Å². The summed E-state index contributed by atoms with van der Waals surface area (Å²) < 4.78 is 0.613. The van der Waals surface area contributed by atoms with E-state index in [1.54, 1.807) is 12.3 Å². The molecule has 1 aromatic rings. The molecule has 0 atom stereocenters. The van der Waals surface area contributed by atoms with Gasteiger partial charge in [0.15, 0.2) is 0 Å². The average Bonchev–Trinajstić information content (AvgIpc) is 2.08. The fourth-order valence-electron chi connectivity index (χ4n) is 0.683. The van der Waals surface area contributed by atoms with E-state index in [4.69, 9.17) is 5.73 Å². The average molecular weight is 230 g/mol. The molecule has 64 valence electrons. The normalized spacial score (nSPS) is 10.5. The van der Waals surface area contributed by atoms with E-state index in [2.05, 4.69) is 30.9 Å². The number of rotatable bonds is 2. The number of anilines is 1. The third kappa shape index (κ3) is 1.94. The van der Waals surface area contributed by atoms with Crippen LogP contribution < -0.4 is 5.73 Å². The zero-order valence-corrected chi connectivity index (χ0v) is 8.08. The van der Waals surface area contributed by atoms with Gasteiger partial charge in [0.1, 0.15) is 11.7 Å². The molecule has 0 spiro atoms. The van der Waals surface area contributed by atoms with Crippen molar-refractivity contribution in [3.05, 3.63) is 22.4 Å². The first kappa shape index (κ1) is 8.99. The number of pyridine rings is 1. The summed E-state index contributed by atoms with van der Waals surface area (Å²) >= 11 is 3.20. The Kier molecular flexibility index (Phi) is 3.04. The topological polar surface area (TPSA) is 60.5 Å². The standard InChI is InChI=1S/C7H8BrN3O/c1-12-11-4-5-2-3-10-7(8)6(5)9/h2-4H,9H2,1H3/b11-4+. The molecule has 12 heavy (non-hydrogen) atoms. The van der Waals surface area contributed by atoms with Crippen LogP contribution in [-0.4, -0.2) is 18.3 Å². The van der Waals surface area contributed by atoms with Crippen molar-refractivity contribution in [3.8, 4) is 0 Å². The highest BCUT2D eigenvalue weighted by Crippen LogP contribution is 2.18. The van der Waals surface area contributed by atoms with Gasteiger partial charge < -0.3 is 10.6 Å². The van der Waals surface area contributed by atoms with E-state index in [9.17, 15) is 0 Å². The van der Waals surface area contributed by atoms with Gasteiger partial charge in [-0.05, 0) is 22.0 Å². The fraction of sp³-hybridized carbons (Fsp3) is 0.143. The quantitative estimate of drug-likeness (QED) is 0.474. The fourth-order valence-corrected chi connectivity index (χ4v) is 1.03. The summed E-state index contributed by atoms with van der Waals surface area (Å²) in [5, 5.41) is 3.59. The summed E-state index contributed by atoms with van der Waals surface area (Å²) in [6.07, 6.45) is 3.17. The van der Waals surface area contributed by atoms with E-state index in [1.165, 1.54) is 13.3 Å². The minimum Gasteiger partial charge on any atom is -0.399 e. The number of aromatic nitrogens is 1. The van der Waals surface area contributed by atoms with Crippen molar-refractivity contribution in [2.45, 2.75) is 0 Å². The summed E-state index contributed by atoms with van der Waals surface area (Å²) in [7, 11) is 1.48. The SMILES string of the molecule is CO/N=C/c1ccnc(Br)c1N. The van der Waals surface area contributed by atoms with Crippen LogP contribution in [0.15, 0.2) is 22.0 Å². The van der Waals surface area contributed by atoms with Gasteiger partial charge in [-0.3, -0.25) is 0 Å². The molecule has 0 aliphatic carbocycles. The summed E-state index contributed by atoms with van der Waals surface area (Å²) in [4.78, 5) is 8.46. The third-order valence-electron chi connectivity index (χ3n) is 1.27. The molecule has 0 aromatic carbocycles. The maximum atomic E-state index is 5.67. The van der Waals surface area contributed by atoms with Crippen LogP contribution in [0, 0.1) is 0 Å². The molecule has 0 fully saturated rings. The van der Waals surface area contributed by atoms with Gasteiger partial charge in [-0.2, -0.15) is 0 Å². The lowest BCUT2D eigenvalue weighted by Crippen LogP contribution is -1.96. The number of hydrogen-bond acceptors (Lipinski definition) is 4. The van der Waals surface area contributed by atoms with E-state index in [0.717, 1.165) is 5.56 Å². The molecule has 0 amide bonds. The van der Waals surface area contributed by atoms with Crippen molar-refractivity contribution in [2.75, 3.05) is 12.8 Å². The molecule has 0 saturated carbocycles. The van der Waals surface area contributed by atoms with Crippen molar-refractivity contribution >= 4 is 27.8 Å². The molecule has 0 aliphatic rings. The van der Waals surface area contributed by atoms with Crippen LogP contribution >= 0.6 is 15.9 Å². The zero-order chi connectivity index (χ0) is 8.97. The molecule has 0 bridgehead atoms. The van der Waals surface area contributed by atoms with Crippen molar-refractivity contribution < 1.29 is 4.84 Å². The van der Waals surface area contributed by atoms with Gasteiger partial charge in [0.2, 0.25) is 0 Å². The van der Waals surface area contributed by atoms with Crippen LogP contribution in [0.5, 0.6) is 0 Å². The minimum atomic E-state index is 0.554. The summed E-state index contributed by atoms with van der Waals surface area (Å²) in [5.41, 5.74) is 7.00. The van der Waals surface area contributed by atoms with Crippen LogP contribution in [0.4, 0.5) is 5.69 Å². The number of halogens is 1. The first-order chi connectivity index (χ1) is 5.75. The molecule has 0 aliphatic heterocycles. The zero-order valence-electron chi connectivity index (χ0n) is 6.49. The second-order valence-electron chi connectivity index (χ2n) is 2.02. The van der Waals surface area contributed by atoms with Gasteiger partial charge >= 0.3 is 0 Å². The van der Waals surface area contributed by atoms with Crippen molar-refractivity contribution in [1.29, 1.82) is 0 Å². The molecule has 1 rings (SSSR count). The second kappa shape index (κ2) is 4.06. The number of nitrogens with zero attached hydrogens (tertiary/aromatic N) is 2. The van der Waals surface area contributed by atoms with E-state index >= 15 is 0 Å². The van der Waals surface area contributed by atoms with Crippen molar-refractivity contribution in [3.63, 3.8) is 0 Å². The van der Waals surface area contributed by atoms with Crippen LogP contribution in [0.2, 0.25) is 0 Å². The molecule has 4 nitrogen and oxygen atoms in total. The largest absolute Gasteiger partial charge is 0.399 e. The minimum absolute atomic E-state index is 0.554. The predicted octanol–water partition coefficient (Wildman–Crippen LogP) is 1.41. The van der Waals surface area contributed by atoms with Crippen LogP contribution in [-0.2, 0) is 4.84 Å². The van der Waals surface area contributed by atoms with E-state index < -0.39 is 0 Å². The molecule has 1 aromatic heterocycles. The molecule has 2 N–H and O–H groups in total. The smallest absolute Gasteiger partial charge is 0.129 e.